The Morgan fingerprint density at radius 3 is 2.45 bits per heavy atom. The van der Waals surface area contributed by atoms with Crippen LogP contribution < -0.4 is 4.74 Å². The molecule has 0 atom stereocenters. The molecule has 6 nitrogen and oxygen atoms in total. The maximum atomic E-state index is 11.4. The average molecular weight is 299 g/mol. The Morgan fingerprint density at radius 2 is 1.82 bits per heavy atom. The van der Waals surface area contributed by atoms with Crippen molar-refractivity contribution >= 4 is 11.9 Å². The molecule has 2 rings (SSSR count). The second-order valence-electron chi connectivity index (χ2n) is 4.56. The number of rotatable bonds is 6. The fourth-order valence-electron chi connectivity index (χ4n) is 1.97. The summed E-state index contributed by atoms with van der Waals surface area (Å²) in [6.45, 7) is 0.312. The van der Waals surface area contributed by atoms with Gasteiger partial charge in [0.25, 0.3) is 0 Å². The molecule has 22 heavy (non-hydrogen) atoms. The van der Waals surface area contributed by atoms with E-state index >= 15 is 0 Å². The Kier molecular flexibility index (Phi) is 4.98. The first-order valence-electron chi connectivity index (χ1n) is 6.49. The van der Waals surface area contributed by atoms with E-state index in [0.717, 1.165) is 5.56 Å². The van der Waals surface area contributed by atoms with Crippen molar-refractivity contribution in [2.45, 2.75) is 13.0 Å². The first-order chi connectivity index (χ1) is 10.6. The van der Waals surface area contributed by atoms with Gasteiger partial charge in [0.15, 0.2) is 0 Å². The molecule has 0 saturated carbocycles. The van der Waals surface area contributed by atoms with E-state index in [9.17, 15) is 14.5 Å². The molecule has 2 aromatic carbocycles. The first-order valence-corrected chi connectivity index (χ1v) is 6.49. The number of carbonyl (C=O) groups excluding carboxylic acids is 1. The number of benzene rings is 2. The van der Waals surface area contributed by atoms with Crippen LogP contribution in [-0.2, 0) is 17.8 Å². The van der Waals surface area contributed by atoms with Gasteiger partial charge in [-0.05, 0) is 29.3 Å². The summed E-state index contributed by atoms with van der Waals surface area (Å²) in [6.07, 6.45) is -0.390. The van der Waals surface area contributed by atoms with Crippen molar-refractivity contribution in [1.29, 1.82) is 0 Å². The third-order valence-corrected chi connectivity index (χ3v) is 2.98. The van der Waals surface area contributed by atoms with Crippen molar-refractivity contribution in [1.82, 2.24) is 0 Å². The Balaban J connectivity index is 2.20. The molecule has 1 amide bonds. The predicted molar refractivity (Wildman–Crippen MR) is 78.7 cm³/mol. The van der Waals surface area contributed by atoms with E-state index < -0.39 is 11.9 Å². The summed E-state index contributed by atoms with van der Waals surface area (Å²) < 4.78 is 5.57. The highest BCUT2D eigenvalue weighted by Crippen LogP contribution is 2.20. The fourth-order valence-corrected chi connectivity index (χ4v) is 1.97. The van der Waals surface area contributed by atoms with Gasteiger partial charge in [-0.3, -0.25) is 9.59 Å². The van der Waals surface area contributed by atoms with Crippen LogP contribution in [0.15, 0.2) is 53.7 Å². The monoisotopic (exact) mass is 299 g/mol. The molecule has 0 radical (unpaired) electrons. The molecule has 0 spiro atoms. The lowest BCUT2D eigenvalue weighted by atomic mass is 10.0. The third kappa shape index (κ3) is 3.99. The summed E-state index contributed by atoms with van der Waals surface area (Å²) in [5, 5.41) is 11.2. The van der Waals surface area contributed by atoms with Crippen molar-refractivity contribution in [2.24, 2.45) is 5.18 Å². The fraction of sp³-hybridized carbons (Fsp3) is 0.125. The van der Waals surface area contributed by atoms with Crippen molar-refractivity contribution in [2.75, 3.05) is 0 Å². The van der Waals surface area contributed by atoms with E-state index in [-0.39, 0.29) is 17.5 Å². The van der Waals surface area contributed by atoms with E-state index in [0.29, 0.717) is 12.4 Å². The highest BCUT2D eigenvalue weighted by Gasteiger charge is 2.15. The zero-order valence-electron chi connectivity index (χ0n) is 11.6. The Morgan fingerprint density at radius 1 is 1.09 bits per heavy atom. The summed E-state index contributed by atoms with van der Waals surface area (Å²) >= 11 is 0. The van der Waals surface area contributed by atoms with Crippen LogP contribution in [-0.4, -0.2) is 17.0 Å². The van der Waals surface area contributed by atoms with Crippen molar-refractivity contribution < 1.29 is 19.4 Å². The second-order valence-corrected chi connectivity index (χ2v) is 4.56. The number of amides is 1. The SMILES string of the molecule is O=NC(=O)c1ccc(OCc2ccccc2)cc1CC(=O)O. The van der Waals surface area contributed by atoms with E-state index in [2.05, 4.69) is 5.18 Å². The predicted octanol–water partition coefficient (Wildman–Crippen LogP) is 2.80. The number of carbonyl (C=O) groups is 2. The molecule has 112 valence electrons. The third-order valence-electron chi connectivity index (χ3n) is 2.98. The number of carboxylic acids is 1. The smallest absolute Gasteiger partial charge is 0.317 e. The van der Waals surface area contributed by atoms with Gasteiger partial charge in [0.05, 0.1) is 6.42 Å². The molecular weight excluding hydrogens is 286 g/mol. The summed E-state index contributed by atoms with van der Waals surface area (Å²) in [7, 11) is 0. The first kappa shape index (κ1) is 15.4. The van der Waals surface area contributed by atoms with Crippen molar-refractivity contribution in [3.05, 3.63) is 70.1 Å². The normalized spacial score (nSPS) is 10.0. The van der Waals surface area contributed by atoms with E-state index in [1.165, 1.54) is 18.2 Å². The van der Waals surface area contributed by atoms with Gasteiger partial charge in [-0.1, -0.05) is 30.3 Å². The highest BCUT2D eigenvalue weighted by molar-refractivity contribution is 5.97. The number of hydrogen-bond acceptors (Lipinski definition) is 4. The summed E-state index contributed by atoms with van der Waals surface area (Å²) in [5.74, 6) is -1.69. The molecule has 0 bridgehead atoms. The number of nitrogens with zero attached hydrogens (tertiary/aromatic N) is 1. The molecule has 0 unspecified atom stereocenters. The molecule has 0 aliphatic rings. The molecule has 2 aromatic rings. The minimum Gasteiger partial charge on any atom is -0.489 e. The van der Waals surface area contributed by atoms with Gasteiger partial charge in [-0.2, -0.15) is 0 Å². The van der Waals surface area contributed by atoms with E-state index in [1.807, 2.05) is 30.3 Å². The topological polar surface area (TPSA) is 93.0 Å². The van der Waals surface area contributed by atoms with Gasteiger partial charge >= 0.3 is 11.9 Å². The van der Waals surface area contributed by atoms with Crippen LogP contribution in [0.3, 0.4) is 0 Å². The summed E-state index contributed by atoms with van der Waals surface area (Å²) in [6, 6.07) is 13.7. The van der Waals surface area contributed by atoms with Crippen LogP contribution in [0.4, 0.5) is 0 Å². The number of hydrogen-bond donors (Lipinski definition) is 1. The largest absolute Gasteiger partial charge is 0.489 e. The van der Waals surface area contributed by atoms with E-state index in [4.69, 9.17) is 9.84 Å². The Labute approximate surface area is 126 Å². The van der Waals surface area contributed by atoms with Crippen LogP contribution >= 0.6 is 0 Å². The van der Waals surface area contributed by atoms with Crippen LogP contribution in [0.1, 0.15) is 21.5 Å². The lowest BCUT2D eigenvalue weighted by Crippen LogP contribution is -2.07. The molecular formula is C16H13NO5. The molecule has 0 fully saturated rings. The molecule has 0 aromatic heterocycles. The van der Waals surface area contributed by atoms with Crippen molar-refractivity contribution in [3.63, 3.8) is 0 Å². The van der Waals surface area contributed by atoms with Gasteiger partial charge in [-0.15, -0.1) is 4.91 Å². The molecule has 0 saturated heterocycles. The van der Waals surface area contributed by atoms with Gasteiger partial charge in [0.1, 0.15) is 12.4 Å². The Bertz CT molecular complexity index is 697. The molecule has 0 aliphatic carbocycles. The van der Waals surface area contributed by atoms with Gasteiger partial charge < -0.3 is 9.84 Å². The minimum absolute atomic E-state index is 0.0236. The second kappa shape index (κ2) is 7.12. The van der Waals surface area contributed by atoms with Gasteiger partial charge in [-0.25, -0.2) is 0 Å². The molecule has 6 heteroatoms. The summed E-state index contributed by atoms with van der Waals surface area (Å²) in [5.41, 5.74) is 1.13. The maximum absolute atomic E-state index is 11.4. The van der Waals surface area contributed by atoms with Crippen LogP contribution in [0.5, 0.6) is 5.75 Å². The molecule has 0 aliphatic heterocycles. The van der Waals surface area contributed by atoms with Crippen molar-refractivity contribution in [3.8, 4) is 5.75 Å². The highest BCUT2D eigenvalue weighted by atomic mass is 16.5. The molecule has 1 N–H and O–H groups in total. The average Bonchev–Trinajstić information content (AvgIpc) is 2.53. The zero-order valence-corrected chi connectivity index (χ0v) is 11.6. The number of carboxylic acid groups (broad SMARTS) is 1. The lowest BCUT2D eigenvalue weighted by molar-refractivity contribution is -0.136. The van der Waals surface area contributed by atoms with E-state index in [1.54, 1.807) is 0 Å². The van der Waals surface area contributed by atoms with Crippen LogP contribution in [0.25, 0.3) is 0 Å². The number of ether oxygens (including phenoxy) is 1. The maximum Gasteiger partial charge on any atom is 0.317 e. The number of aliphatic carboxylic acids is 1. The summed E-state index contributed by atoms with van der Waals surface area (Å²) in [4.78, 5) is 32.6. The van der Waals surface area contributed by atoms with Gasteiger partial charge in [0.2, 0.25) is 0 Å². The minimum atomic E-state index is -1.11. The quantitative estimate of drug-likeness (QED) is 0.828. The molecule has 0 heterocycles. The van der Waals surface area contributed by atoms with Gasteiger partial charge in [0, 0.05) is 10.7 Å². The van der Waals surface area contributed by atoms with Crippen LogP contribution in [0.2, 0.25) is 0 Å². The zero-order chi connectivity index (χ0) is 15.9. The Hall–Kier alpha value is -3.02. The lowest BCUT2D eigenvalue weighted by Gasteiger charge is -2.09. The van der Waals surface area contributed by atoms with Crippen LogP contribution in [0, 0.1) is 4.91 Å². The standard InChI is InChI=1S/C16H13NO5/c18-15(19)9-12-8-13(6-7-14(12)16(20)17-21)22-10-11-4-2-1-3-5-11/h1-8H,9-10H2,(H,18,19). The number of nitroso groups, excluding NO2 is 1.